The molecule has 2 rings (SSSR count). The quantitative estimate of drug-likeness (QED) is 0.880. The van der Waals surface area contributed by atoms with Crippen LogP contribution in [0.2, 0.25) is 0 Å². The van der Waals surface area contributed by atoms with Gasteiger partial charge in [0.05, 0.1) is 5.56 Å². The van der Waals surface area contributed by atoms with Gasteiger partial charge in [-0.1, -0.05) is 15.9 Å². The van der Waals surface area contributed by atoms with Gasteiger partial charge in [-0.25, -0.2) is 0 Å². The zero-order valence-corrected chi connectivity index (χ0v) is 13.0. The Kier molecular flexibility index (Phi) is 4.24. The fraction of sp³-hybridized carbons (Fsp3) is 0.154. The summed E-state index contributed by atoms with van der Waals surface area (Å²) in [6.45, 7) is 0.526. The summed E-state index contributed by atoms with van der Waals surface area (Å²) in [5.41, 5.74) is 1.71. The number of hydrogen-bond acceptors (Lipinski definition) is 1. The van der Waals surface area contributed by atoms with Crippen molar-refractivity contribution >= 4 is 37.8 Å². The molecule has 0 radical (unpaired) electrons. The monoisotopic (exact) mass is 370 g/mol. The van der Waals surface area contributed by atoms with Gasteiger partial charge in [-0.15, -0.1) is 0 Å². The summed E-state index contributed by atoms with van der Waals surface area (Å²) in [5, 5.41) is 2.89. The molecule has 1 N–H and O–H groups in total. The molecule has 1 heterocycles. The Balaban J connectivity index is 2.05. The highest BCUT2D eigenvalue weighted by molar-refractivity contribution is 9.11. The predicted molar refractivity (Wildman–Crippen MR) is 78.4 cm³/mol. The van der Waals surface area contributed by atoms with Crippen LogP contribution in [0.25, 0.3) is 0 Å². The van der Waals surface area contributed by atoms with Gasteiger partial charge in [0.25, 0.3) is 5.91 Å². The second kappa shape index (κ2) is 5.71. The molecular formula is C13H12Br2N2O. The van der Waals surface area contributed by atoms with Crippen LogP contribution in [0.1, 0.15) is 15.9 Å². The van der Waals surface area contributed by atoms with E-state index in [-0.39, 0.29) is 5.91 Å². The van der Waals surface area contributed by atoms with Crippen LogP contribution in [-0.4, -0.2) is 10.5 Å². The molecule has 18 heavy (non-hydrogen) atoms. The Labute approximate surface area is 122 Å². The molecule has 0 saturated heterocycles. The first-order valence-electron chi connectivity index (χ1n) is 5.40. The van der Waals surface area contributed by atoms with E-state index in [1.165, 1.54) is 0 Å². The number of halogens is 2. The molecule has 3 nitrogen and oxygen atoms in total. The number of hydrogen-bond donors (Lipinski definition) is 1. The van der Waals surface area contributed by atoms with E-state index in [2.05, 4.69) is 37.2 Å². The van der Waals surface area contributed by atoms with Crippen molar-refractivity contribution in [3.63, 3.8) is 0 Å². The van der Waals surface area contributed by atoms with E-state index in [9.17, 15) is 4.79 Å². The SMILES string of the molecule is Cn1ccc(CNC(=O)c2cc(Br)ccc2Br)c1. The van der Waals surface area contributed by atoms with Gasteiger partial charge in [0, 0.05) is 34.9 Å². The number of benzene rings is 1. The minimum atomic E-state index is -0.0907. The van der Waals surface area contributed by atoms with Crippen molar-refractivity contribution in [2.24, 2.45) is 7.05 Å². The number of carbonyl (C=O) groups is 1. The molecule has 0 aliphatic rings. The third-order valence-electron chi connectivity index (χ3n) is 2.52. The number of aromatic nitrogens is 1. The number of nitrogens with zero attached hydrogens (tertiary/aromatic N) is 1. The van der Waals surface area contributed by atoms with Gasteiger partial charge < -0.3 is 9.88 Å². The highest BCUT2D eigenvalue weighted by atomic mass is 79.9. The lowest BCUT2D eigenvalue weighted by atomic mass is 10.2. The molecule has 0 saturated carbocycles. The minimum absolute atomic E-state index is 0.0907. The third kappa shape index (κ3) is 3.23. The summed E-state index contributed by atoms with van der Waals surface area (Å²) in [4.78, 5) is 12.0. The summed E-state index contributed by atoms with van der Waals surface area (Å²) >= 11 is 6.74. The molecule has 1 aromatic carbocycles. The Morgan fingerprint density at radius 1 is 1.33 bits per heavy atom. The summed E-state index contributed by atoms with van der Waals surface area (Å²) in [7, 11) is 1.95. The van der Waals surface area contributed by atoms with Gasteiger partial charge in [0.15, 0.2) is 0 Å². The van der Waals surface area contributed by atoms with Gasteiger partial charge in [0.2, 0.25) is 0 Å². The normalized spacial score (nSPS) is 10.4. The molecule has 0 aliphatic heterocycles. The zero-order valence-electron chi connectivity index (χ0n) is 9.78. The Morgan fingerprint density at radius 2 is 2.11 bits per heavy atom. The maximum absolute atomic E-state index is 12.0. The minimum Gasteiger partial charge on any atom is -0.357 e. The van der Waals surface area contributed by atoms with Crippen LogP contribution in [0, 0.1) is 0 Å². The van der Waals surface area contributed by atoms with Crippen molar-refractivity contribution in [3.05, 3.63) is 56.7 Å². The fourth-order valence-corrected chi connectivity index (χ4v) is 2.40. The van der Waals surface area contributed by atoms with E-state index in [1.807, 2.05) is 42.2 Å². The molecule has 0 spiro atoms. The smallest absolute Gasteiger partial charge is 0.252 e. The lowest BCUT2D eigenvalue weighted by molar-refractivity contribution is 0.0950. The van der Waals surface area contributed by atoms with Crippen molar-refractivity contribution < 1.29 is 4.79 Å². The van der Waals surface area contributed by atoms with Crippen molar-refractivity contribution in [2.75, 3.05) is 0 Å². The van der Waals surface area contributed by atoms with E-state index >= 15 is 0 Å². The Morgan fingerprint density at radius 3 is 2.78 bits per heavy atom. The topological polar surface area (TPSA) is 34.0 Å². The first kappa shape index (κ1) is 13.4. The summed E-state index contributed by atoms with van der Waals surface area (Å²) in [5.74, 6) is -0.0907. The molecule has 94 valence electrons. The second-order valence-electron chi connectivity index (χ2n) is 3.99. The Hall–Kier alpha value is -1.07. The number of rotatable bonds is 3. The lowest BCUT2D eigenvalue weighted by Crippen LogP contribution is -2.23. The summed E-state index contributed by atoms with van der Waals surface area (Å²) < 4.78 is 3.63. The van der Waals surface area contributed by atoms with Crippen LogP contribution < -0.4 is 5.32 Å². The van der Waals surface area contributed by atoms with Gasteiger partial charge in [-0.3, -0.25) is 4.79 Å². The average molecular weight is 372 g/mol. The first-order valence-corrected chi connectivity index (χ1v) is 6.99. The highest BCUT2D eigenvalue weighted by Crippen LogP contribution is 2.21. The van der Waals surface area contributed by atoms with Gasteiger partial charge in [0.1, 0.15) is 0 Å². The number of carbonyl (C=O) groups excluding carboxylic acids is 1. The molecule has 0 aliphatic carbocycles. The Bertz CT molecular complexity index is 578. The number of aryl methyl sites for hydroxylation is 1. The van der Waals surface area contributed by atoms with Crippen molar-refractivity contribution in [1.29, 1.82) is 0 Å². The fourth-order valence-electron chi connectivity index (χ4n) is 1.61. The summed E-state index contributed by atoms with van der Waals surface area (Å²) in [6.07, 6.45) is 3.94. The zero-order chi connectivity index (χ0) is 13.1. The maximum Gasteiger partial charge on any atom is 0.252 e. The standard InChI is InChI=1S/C13H12Br2N2O/c1-17-5-4-9(8-17)7-16-13(18)11-6-10(14)2-3-12(11)15/h2-6,8H,7H2,1H3,(H,16,18). The maximum atomic E-state index is 12.0. The van der Waals surface area contributed by atoms with Crippen LogP contribution in [0.4, 0.5) is 0 Å². The molecule has 5 heteroatoms. The van der Waals surface area contributed by atoms with Crippen LogP contribution in [-0.2, 0) is 13.6 Å². The predicted octanol–water partition coefficient (Wildman–Crippen LogP) is 3.48. The van der Waals surface area contributed by atoms with Crippen LogP contribution >= 0.6 is 31.9 Å². The van der Waals surface area contributed by atoms with Gasteiger partial charge in [-0.05, 0) is 45.8 Å². The molecule has 2 aromatic rings. The van der Waals surface area contributed by atoms with Crippen molar-refractivity contribution in [2.45, 2.75) is 6.54 Å². The number of amides is 1. The summed E-state index contributed by atoms with van der Waals surface area (Å²) in [6, 6.07) is 7.51. The molecular weight excluding hydrogens is 360 g/mol. The van der Waals surface area contributed by atoms with Crippen LogP contribution in [0.15, 0.2) is 45.6 Å². The van der Waals surface area contributed by atoms with Crippen molar-refractivity contribution in [3.8, 4) is 0 Å². The van der Waals surface area contributed by atoms with Gasteiger partial charge >= 0.3 is 0 Å². The van der Waals surface area contributed by atoms with E-state index in [0.29, 0.717) is 12.1 Å². The molecule has 0 unspecified atom stereocenters. The largest absolute Gasteiger partial charge is 0.357 e. The molecule has 0 atom stereocenters. The van der Waals surface area contributed by atoms with Crippen LogP contribution in [0.3, 0.4) is 0 Å². The molecule has 1 amide bonds. The van der Waals surface area contributed by atoms with E-state index in [0.717, 1.165) is 14.5 Å². The average Bonchev–Trinajstić information content (AvgIpc) is 2.75. The lowest BCUT2D eigenvalue weighted by Gasteiger charge is -2.06. The first-order chi connectivity index (χ1) is 8.56. The second-order valence-corrected chi connectivity index (χ2v) is 5.76. The van der Waals surface area contributed by atoms with E-state index in [1.54, 1.807) is 6.07 Å². The molecule has 0 fully saturated rings. The van der Waals surface area contributed by atoms with E-state index < -0.39 is 0 Å². The van der Waals surface area contributed by atoms with Gasteiger partial charge in [-0.2, -0.15) is 0 Å². The molecule has 0 bridgehead atoms. The van der Waals surface area contributed by atoms with Crippen LogP contribution in [0.5, 0.6) is 0 Å². The highest BCUT2D eigenvalue weighted by Gasteiger charge is 2.10. The number of nitrogens with one attached hydrogen (secondary N) is 1. The van der Waals surface area contributed by atoms with Crippen molar-refractivity contribution in [1.82, 2.24) is 9.88 Å². The van der Waals surface area contributed by atoms with E-state index in [4.69, 9.17) is 0 Å². The molecule has 1 aromatic heterocycles. The third-order valence-corrected chi connectivity index (χ3v) is 3.70.